The van der Waals surface area contributed by atoms with E-state index < -0.39 is 0 Å². The number of piperidine rings is 1. The summed E-state index contributed by atoms with van der Waals surface area (Å²) in [6.07, 6.45) is 5.28. The molecule has 3 atom stereocenters. The molecule has 15 heavy (non-hydrogen) atoms. The molecule has 0 amide bonds. The molecule has 0 aliphatic carbocycles. The molecule has 0 bridgehead atoms. The summed E-state index contributed by atoms with van der Waals surface area (Å²) in [6, 6.07) is 0.634. The first-order chi connectivity index (χ1) is 7.17. The van der Waals surface area contributed by atoms with Crippen LogP contribution >= 0.6 is 0 Å². The highest BCUT2D eigenvalue weighted by atomic mass is 15.2. The normalized spacial score (nSPS) is 30.4. The van der Waals surface area contributed by atoms with Crippen LogP contribution in [0.25, 0.3) is 0 Å². The first-order valence-electron chi connectivity index (χ1n) is 6.61. The van der Waals surface area contributed by atoms with Crippen molar-refractivity contribution in [2.45, 2.75) is 52.5 Å². The van der Waals surface area contributed by atoms with E-state index in [2.05, 4.69) is 25.7 Å². The van der Waals surface area contributed by atoms with Gasteiger partial charge < -0.3 is 5.73 Å². The Balaban J connectivity index is 2.43. The lowest BCUT2D eigenvalue weighted by Gasteiger charge is -2.39. The molecule has 1 heterocycles. The summed E-state index contributed by atoms with van der Waals surface area (Å²) in [7, 11) is 0. The maximum absolute atomic E-state index is 5.89. The van der Waals surface area contributed by atoms with Crippen LogP contribution in [0.5, 0.6) is 0 Å². The van der Waals surface area contributed by atoms with Crippen molar-refractivity contribution in [3.63, 3.8) is 0 Å². The highest BCUT2D eigenvalue weighted by molar-refractivity contribution is 4.81. The highest BCUT2D eigenvalue weighted by Gasteiger charge is 2.26. The Morgan fingerprint density at radius 1 is 1.27 bits per heavy atom. The van der Waals surface area contributed by atoms with Crippen molar-refractivity contribution in [2.24, 2.45) is 17.6 Å². The average Bonchev–Trinajstić information content (AvgIpc) is 2.17. The van der Waals surface area contributed by atoms with Gasteiger partial charge in [0.2, 0.25) is 0 Å². The zero-order chi connectivity index (χ0) is 11.3. The molecule has 0 radical (unpaired) electrons. The lowest BCUT2D eigenvalue weighted by Crippen LogP contribution is -2.48. The molecule has 0 spiro atoms. The van der Waals surface area contributed by atoms with Gasteiger partial charge in [-0.15, -0.1) is 0 Å². The molecule has 1 aliphatic heterocycles. The van der Waals surface area contributed by atoms with E-state index in [-0.39, 0.29) is 0 Å². The molecule has 0 saturated carbocycles. The van der Waals surface area contributed by atoms with E-state index in [1.807, 2.05) is 0 Å². The first kappa shape index (κ1) is 13.0. The Morgan fingerprint density at radius 2 is 1.87 bits per heavy atom. The fraction of sp³-hybridized carbons (Fsp3) is 1.00. The van der Waals surface area contributed by atoms with Gasteiger partial charge in [-0.2, -0.15) is 0 Å². The third-order valence-corrected chi connectivity index (χ3v) is 3.58. The second kappa shape index (κ2) is 6.49. The van der Waals surface area contributed by atoms with Crippen molar-refractivity contribution in [1.82, 2.24) is 4.90 Å². The summed E-state index contributed by atoms with van der Waals surface area (Å²) in [5.74, 6) is 1.70. The van der Waals surface area contributed by atoms with Crippen LogP contribution in [0.2, 0.25) is 0 Å². The molecule has 0 aromatic rings. The van der Waals surface area contributed by atoms with E-state index in [0.29, 0.717) is 6.04 Å². The molecule has 1 fully saturated rings. The minimum atomic E-state index is 0.634. The number of nitrogens with zero attached hydrogens (tertiary/aromatic N) is 1. The van der Waals surface area contributed by atoms with Gasteiger partial charge in [0, 0.05) is 25.7 Å². The molecule has 2 heteroatoms. The highest BCUT2D eigenvalue weighted by Crippen LogP contribution is 2.23. The van der Waals surface area contributed by atoms with E-state index in [1.54, 1.807) is 0 Å². The summed E-state index contributed by atoms with van der Waals surface area (Å²) in [6.45, 7) is 10.4. The Hall–Kier alpha value is -0.0800. The molecule has 1 rings (SSSR count). The van der Waals surface area contributed by atoms with Gasteiger partial charge in [0.1, 0.15) is 0 Å². The molecule has 3 unspecified atom stereocenters. The number of likely N-dealkylation sites (tertiary alicyclic amines) is 1. The Bertz CT molecular complexity index is 160. The van der Waals surface area contributed by atoms with Gasteiger partial charge in [0.05, 0.1) is 0 Å². The molecule has 0 aromatic heterocycles. The molecule has 0 aromatic carbocycles. The van der Waals surface area contributed by atoms with Crippen LogP contribution in [-0.2, 0) is 0 Å². The van der Waals surface area contributed by atoms with Gasteiger partial charge in [-0.25, -0.2) is 0 Å². The molecule has 90 valence electrons. The van der Waals surface area contributed by atoms with E-state index in [0.717, 1.165) is 18.4 Å². The maximum Gasteiger partial charge on any atom is 0.0218 e. The van der Waals surface area contributed by atoms with Crippen molar-refractivity contribution in [2.75, 3.05) is 19.6 Å². The Morgan fingerprint density at radius 3 is 2.33 bits per heavy atom. The fourth-order valence-corrected chi connectivity index (χ4v) is 2.90. The Kier molecular flexibility index (Phi) is 5.62. The van der Waals surface area contributed by atoms with Crippen molar-refractivity contribution in [3.05, 3.63) is 0 Å². The molecule has 1 saturated heterocycles. The van der Waals surface area contributed by atoms with Crippen molar-refractivity contribution < 1.29 is 0 Å². The van der Waals surface area contributed by atoms with E-state index in [1.165, 1.54) is 38.8 Å². The Labute approximate surface area is 95.2 Å². The zero-order valence-electron chi connectivity index (χ0n) is 10.7. The minimum Gasteiger partial charge on any atom is -0.329 e. The second-order valence-corrected chi connectivity index (χ2v) is 5.43. The van der Waals surface area contributed by atoms with Gasteiger partial charge >= 0.3 is 0 Å². The van der Waals surface area contributed by atoms with Crippen LogP contribution in [0.15, 0.2) is 0 Å². The summed E-state index contributed by atoms with van der Waals surface area (Å²) >= 11 is 0. The lowest BCUT2D eigenvalue weighted by atomic mass is 9.90. The topological polar surface area (TPSA) is 29.3 Å². The number of nitrogens with two attached hydrogens (primary N) is 1. The summed E-state index contributed by atoms with van der Waals surface area (Å²) in [4.78, 5) is 2.63. The van der Waals surface area contributed by atoms with Gasteiger partial charge in [-0.05, 0) is 24.7 Å². The SMILES string of the molecule is CCCCC(CN)N1CC(C)CC(C)C1. The van der Waals surface area contributed by atoms with Crippen LogP contribution in [0, 0.1) is 11.8 Å². The predicted octanol–water partition coefficient (Wildman–Crippen LogP) is 2.48. The summed E-state index contributed by atoms with van der Waals surface area (Å²) in [5, 5.41) is 0. The standard InChI is InChI=1S/C13H28N2/c1-4-5-6-13(8-14)15-9-11(2)7-12(3)10-15/h11-13H,4-10,14H2,1-3H3. The minimum absolute atomic E-state index is 0.634. The third kappa shape index (κ3) is 4.12. The molecule has 2 N–H and O–H groups in total. The van der Waals surface area contributed by atoms with E-state index in [9.17, 15) is 0 Å². The van der Waals surface area contributed by atoms with Gasteiger partial charge in [0.15, 0.2) is 0 Å². The maximum atomic E-state index is 5.89. The van der Waals surface area contributed by atoms with Crippen molar-refractivity contribution >= 4 is 0 Å². The van der Waals surface area contributed by atoms with Crippen LogP contribution < -0.4 is 5.73 Å². The van der Waals surface area contributed by atoms with Crippen LogP contribution in [-0.4, -0.2) is 30.6 Å². The lowest BCUT2D eigenvalue weighted by molar-refractivity contribution is 0.0930. The largest absolute Gasteiger partial charge is 0.329 e. The number of hydrogen-bond donors (Lipinski definition) is 1. The molecule has 1 aliphatic rings. The number of hydrogen-bond acceptors (Lipinski definition) is 2. The summed E-state index contributed by atoms with van der Waals surface area (Å²) < 4.78 is 0. The first-order valence-corrected chi connectivity index (χ1v) is 6.61. The van der Waals surface area contributed by atoms with Crippen LogP contribution in [0.3, 0.4) is 0 Å². The number of rotatable bonds is 5. The number of unbranched alkanes of at least 4 members (excludes halogenated alkanes) is 1. The smallest absolute Gasteiger partial charge is 0.0218 e. The summed E-state index contributed by atoms with van der Waals surface area (Å²) in [5.41, 5.74) is 5.89. The monoisotopic (exact) mass is 212 g/mol. The quantitative estimate of drug-likeness (QED) is 0.758. The molecular weight excluding hydrogens is 184 g/mol. The van der Waals surface area contributed by atoms with Gasteiger partial charge in [0.25, 0.3) is 0 Å². The zero-order valence-corrected chi connectivity index (χ0v) is 10.7. The van der Waals surface area contributed by atoms with Crippen molar-refractivity contribution in [1.29, 1.82) is 0 Å². The average molecular weight is 212 g/mol. The van der Waals surface area contributed by atoms with Gasteiger partial charge in [-0.1, -0.05) is 33.6 Å². The predicted molar refractivity (Wildman–Crippen MR) is 66.9 cm³/mol. The molecular formula is C13H28N2. The molecule has 2 nitrogen and oxygen atoms in total. The van der Waals surface area contributed by atoms with Gasteiger partial charge in [-0.3, -0.25) is 4.90 Å². The van der Waals surface area contributed by atoms with E-state index in [4.69, 9.17) is 5.73 Å². The van der Waals surface area contributed by atoms with Crippen molar-refractivity contribution in [3.8, 4) is 0 Å². The second-order valence-electron chi connectivity index (χ2n) is 5.43. The van der Waals surface area contributed by atoms with Crippen LogP contribution in [0.1, 0.15) is 46.5 Å². The van der Waals surface area contributed by atoms with Crippen LogP contribution in [0.4, 0.5) is 0 Å². The third-order valence-electron chi connectivity index (χ3n) is 3.58. The fourth-order valence-electron chi connectivity index (χ4n) is 2.90. The van der Waals surface area contributed by atoms with E-state index >= 15 is 0 Å².